The normalized spacial score (nSPS) is 26.6. The molecule has 10 atom stereocenters. The molecule has 0 spiro atoms. The van der Waals surface area contributed by atoms with Gasteiger partial charge in [-0.1, -0.05) is 104 Å². The Morgan fingerprint density at radius 1 is 0.463 bits per heavy atom. The van der Waals surface area contributed by atoms with Crippen molar-refractivity contribution in [3.05, 3.63) is 0 Å². The molecule has 2 aliphatic rings. The zero-order valence-corrected chi connectivity index (χ0v) is 50.6. The Morgan fingerprint density at radius 2 is 0.791 bits per heavy atom. The van der Waals surface area contributed by atoms with Crippen molar-refractivity contribution in [2.75, 3.05) is 19.7 Å². The van der Waals surface area contributed by atoms with Crippen LogP contribution in [0, 0.1) is 0 Å². The van der Waals surface area contributed by atoms with Gasteiger partial charge in [0.05, 0.1) is 31.0 Å². The molecule has 0 aliphatic carbocycles. The third kappa shape index (κ3) is 15.1. The van der Waals surface area contributed by atoms with Crippen molar-refractivity contribution in [1.29, 1.82) is 0 Å². The highest BCUT2D eigenvalue weighted by atomic mass is 28.4. The van der Waals surface area contributed by atoms with Gasteiger partial charge in [-0.05, 0) is 97.6 Å². The molecule has 2 saturated heterocycles. The van der Waals surface area contributed by atoms with Gasteiger partial charge in [0.2, 0.25) is 5.91 Å². The van der Waals surface area contributed by atoms with Gasteiger partial charge in [-0.2, -0.15) is 0 Å². The quantitative estimate of drug-likeness (QED) is 0.0431. The number of carbonyl (C=O) groups excluding carboxylic acids is 3. The standard InChI is InChI=1S/C48H101N3O11Si5/c1-18-55-48(54)43-39(51-36(17)52)42(60-65(25-8,26-9)27-10)41(59-64(22-5,23-6)24-7)38(57-43)35-50-47(53)46-45(62-67(31-14,32-15)33-16)44(61-66(28-11,29-12)30-13)40(37(34-49)56-46)58-63(19-2,20-3)21-4/h37-46H,18-35,49H2,1-17H3,(H,50,53)(H,51,52)/t37-,38-,39?,40-,41-,42-,43?,44+,45-,46-/m1/s1. The molecule has 19 heteroatoms. The molecule has 2 heterocycles. The Bertz CT molecular complexity index is 1430. The van der Waals surface area contributed by atoms with E-state index in [1.54, 1.807) is 6.92 Å². The third-order valence-electron chi connectivity index (χ3n) is 16.8. The number of esters is 1. The minimum Gasteiger partial charge on any atom is -0.464 e. The number of hydrogen-bond donors (Lipinski definition) is 3. The molecule has 14 nitrogen and oxygen atoms in total. The minimum atomic E-state index is -2.43. The van der Waals surface area contributed by atoms with Crippen LogP contribution in [0.2, 0.25) is 90.7 Å². The molecule has 2 aliphatic heterocycles. The zero-order chi connectivity index (χ0) is 50.8. The summed E-state index contributed by atoms with van der Waals surface area (Å²) in [7, 11) is -11.9. The summed E-state index contributed by atoms with van der Waals surface area (Å²) in [4.78, 5) is 42.5. The highest BCUT2D eigenvalue weighted by molar-refractivity contribution is 6.75. The fourth-order valence-corrected chi connectivity index (χ4v) is 24.9. The smallest absolute Gasteiger partial charge is 0.337 e. The van der Waals surface area contributed by atoms with Crippen molar-refractivity contribution in [2.24, 2.45) is 5.73 Å². The number of ether oxygens (including phenoxy) is 3. The van der Waals surface area contributed by atoms with Gasteiger partial charge in [0, 0.05) is 20.0 Å². The van der Waals surface area contributed by atoms with E-state index in [2.05, 4.69) is 114 Å². The first-order valence-electron chi connectivity index (χ1n) is 27.0. The molecule has 0 aromatic heterocycles. The van der Waals surface area contributed by atoms with Crippen LogP contribution in [0.3, 0.4) is 0 Å². The molecule has 2 fully saturated rings. The van der Waals surface area contributed by atoms with E-state index in [1.807, 2.05) is 0 Å². The van der Waals surface area contributed by atoms with E-state index in [0.717, 1.165) is 90.7 Å². The van der Waals surface area contributed by atoms with Gasteiger partial charge < -0.3 is 52.7 Å². The van der Waals surface area contributed by atoms with Gasteiger partial charge in [-0.15, -0.1) is 0 Å². The van der Waals surface area contributed by atoms with Crippen molar-refractivity contribution in [2.45, 2.75) is 269 Å². The fourth-order valence-electron chi connectivity index (χ4n) is 10.7. The highest BCUT2D eigenvalue weighted by Crippen LogP contribution is 2.40. The molecule has 2 amide bonds. The van der Waals surface area contributed by atoms with E-state index in [-0.39, 0.29) is 31.5 Å². The van der Waals surface area contributed by atoms with Crippen LogP contribution in [0.15, 0.2) is 0 Å². The van der Waals surface area contributed by atoms with Crippen molar-refractivity contribution in [3.8, 4) is 0 Å². The van der Waals surface area contributed by atoms with E-state index in [1.165, 1.54) is 6.92 Å². The molecule has 2 unspecified atom stereocenters. The lowest BCUT2D eigenvalue weighted by Gasteiger charge is -2.53. The average Bonchev–Trinajstić information content (AvgIpc) is 3.35. The first-order valence-corrected chi connectivity index (χ1v) is 39.6. The Labute approximate surface area is 413 Å². The summed E-state index contributed by atoms with van der Waals surface area (Å²) in [6, 6.07) is 12.3. The molecule has 0 bridgehead atoms. The van der Waals surface area contributed by atoms with E-state index in [4.69, 9.17) is 42.1 Å². The molecule has 0 aromatic rings. The minimum absolute atomic E-state index is 0.0229. The van der Waals surface area contributed by atoms with Crippen LogP contribution in [0.5, 0.6) is 0 Å². The Balaban J connectivity index is 2.97. The third-order valence-corrected chi connectivity index (χ3v) is 40.0. The topological polar surface area (TPSA) is 175 Å². The molecule has 2 rings (SSSR count). The van der Waals surface area contributed by atoms with Gasteiger partial charge in [0.15, 0.2) is 53.8 Å². The van der Waals surface area contributed by atoms with Crippen molar-refractivity contribution in [1.82, 2.24) is 10.6 Å². The van der Waals surface area contributed by atoms with Crippen LogP contribution >= 0.6 is 0 Å². The van der Waals surface area contributed by atoms with Crippen molar-refractivity contribution in [3.63, 3.8) is 0 Å². The molecule has 394 valence electrons. The van der Waals surface area contributed by atoms with Gasteiger partial charge in [-0.25, -0.2) is 4.79 Å². The summed E-state index contributed by atoms with van der Waals surface area (Å²) in [5.74, 6) is -1.29. The molecular formula is C48H101N3O11Si5. The summed E-state index contributed by atoms with van der Waals surface area (Å²) >= 11 is 0. The average molecular weight is 1040 g/mol. The van der Waals surface area contributed by atoms with Crippen LogP contribution in [0.25, 0.3) is 0 Å². The first kappa shape index (κ1) is 62.3. The molecule has 67 heavy (non-hydrogen) atoms. The lowest BCUT2D eigenvalue weighted by atomic mass is 9.92. The maximum absolute atomic E-state index is 15.4. The van der Waals surface area contributed by atoms with Crippen molar-refractivity contribution < 1.29 is 50.7 Å². The Kier molecular flexibility index (Phi) is 27.0. The number of nitrogens with one attached hydrogen (secondary N) is 2. The second-order valence-corrected chi connectivity index (χ2v) is 42.9. The summed E-state index contributed by atoms with van der Waals surface area (Å²) in [6.45, 7) is 36.3. The lowest BCUT2D eigenvalue weighted by Crippen LogP contribution is -2.71. The Morgan fingerprint density at radius 3 is 1.13 bits per heavy atom. The predicted octanol–water partition coefficient (Wildman–Crippen LogP) is 9.62. The number of amides is 2. The van der Waals surface area contributed by atoms with E-state index >= 15 is 4.79 Å². The van der Waals surface area contributed by atoms with Crippen molar-refractivity contribution >= 4 is 59.4 Å². The molecule has 0 radical (unpaired) electrons. The van der Waals surface area contributed by atoms with Gasteiger partial charge >= 0.3 is 5.97 Å². The van der Waals surface area contributed by atoms with E-state index in [9.17, 15) is 9.59 Å². The second kappa shape index (κ2) is 29.0. The summed E-state index contributed by atoms with van der Waals surface area (Å²) in [6.07, 6.45) is -7.09. The van der Waals surface area contributed by atoms with Crippen LogP contribution in [-0.2, 0) is 50.7 Å². The number of rotatable bonds is 32. The second-order valence-electron chi connectivity index (χ2n) is 19.3. The fraction of sp³-hybridized carbons (Fsp3) is 0.938. The first-order chi connectivity index (χ1) is 31.9. The monoisotopic (exact) mass is 1040 g/mol. The number of hydrogen-bond acceptors (Lipinski definition) is 12. The molecule has 0 saturated carbocycles. The van der Waals surface area contributed by atoms with Crippen LogP contribution in [0.4, 0.5) is 0 Å². The van der Waals surface area contributed by atoms with Gasteiger partial charge in [-0.3, -0.25) is 9.59 Å². The van der Waals surface area contributed by atoms with E-state index < -0.39 is 109 Å². The zero-order valence-electron chi connectivity index (χ0n) is 45.6. The van der Waals surface area contributed by atoms with Crippen LogP contribution < -0.4 is 16.4 Å². The maximum atomic E-state index is 15.4. The maximum Gasteiger partial charge on any atom is 0.337 e. The SMILES string of the molecule is CCOC(=O)C1O[C@H](CNC(=O)[C@@H]2O[C@H](CN)[C@@H](O[Si](CC)(CC)CC)[C@H](O[Si](CC)(CC)CC)[C@H]2O[Si](CC)(CC)CC)[C@@H](O[Si](CC)(CC)CC)[C@H](O[Si](CC)(CC)CC)C1NC(C)=O. The summed E-state index contributed by atoms with van der Waals surface area (Å²) in [5, 5.41) is 6.35. The summed E-state index contributed by atoms with van der Waals surface area (Å²) < 4.78 is 56.9. The van der Waals surface area contributed by atoms with Gasteiger partial charge in [0.25, 0.3) is 5.91 Å². The molecule has 4 N–H and O–H groups in total. The largest absolute Gasteiger partial charge is 0.464 e. The van der Waals surface area contributed by atoms with Crippen LogP contribution in [-0.4, -0.2) is 140 Å². The lowest BCUT2D eigenvalue weighted by molar-refractivity contribution is -0.209. The number of nitrogens with two attached hydrogens (primary N) is 1. The molecular weight excluding hydrogens is 935 g/mol. The summed E-state index contributed by atoms with van der Waals surface area (Å²) in [5.41, 5.74) is 6.68. The Hall–Kier alpha value is -0.826. The van der Waals surface area contributed by atoms with Gasteiger partial charge in [0.1, 0.15) is 24.4 Å². The van der Waals surface area contributed by atoms with Crippen LogP contribution in [0.1, 0.15) is 118 Å². The molecule has 0 aromatic carbocycles. The highest BCUT2D eigenvalue weighted by Gasteiger charge is 2.58. The number of carbonyl (C=O) groups is 3. The predicted molar refractivity (Wildman–Crippen MR) is 284 cm³/mol. The van der Waals surface area contributed by atoms with E-state index in [0.29, 0.717) is 0 Å².